The highest BCUT2D eigenvalue weighted by atomic mass is 32.2. The number of H-pyrrole nitrogens is 1. The third kappa shape index (κ3) is 2.50. The van der Waals surface area contributed by atoms with Crippen LogP contribution in [0.1, 0.15) is 30.7 Å². The van der Waals surface area contributed by atoms with Crippen LogP contribution in [0.5, 0.6) is 0 Å². The van der Waals surface area contributed by atoms with Crippen molar-refractivity contribution in [3.05, 3.63) is 41.2 Å². The Morgan fingerprint density at radius 1 is 1.29 bits per heavy atom. The lowest BCUT2D eigenvalue weighted by atomic mass is 9.91. The van der Waals surface area contributed by atoms with Gasteiger partial charge in [0.15, 0.2) is 11.1 Å². The number of aromatic amines is 1. The lowest BCUT2D eigenvalue weighted by molar-refractivity contribution is 0.524. The minimum absolute atomic E-state index is 0.585. The average Bonchev–Trinajstić information content (AvgIpc) is 2.86. The molecule has 3 aromatic rings. The summed E-state index contributed by atoms with van der Waals surface area (Å²) in [4.78, 5) is 4.38. The Bertz CT molecular complexity index is 963. The highest BCUT2D eigenvalue weighted by molar-refractivity contribution is 7.80. The van der Waals surface area contributed by atoms with Crippen molar-refractivity contribution >= 4 is 27.7 Å². The van der Waals surface area contributed by atoms with Crippen LogP contribution in [0.2, 0.25) is 0 Å². The standard InChI is InChI=1S/C17H20N4O2S/c1-9-10(2)20-21-16(9)11-8-15-12(14(18)5-6-19-15)7-13(11)17(3,4)24(22)23/h5-8H,1-4H3,(H2,18,19)(H,20,21)(H,22,23). The van der Waals surface area contributed by atoms with Crippen molar-refractivity contribution in [3.63, 3.8) is 0 Å². The van der Waals surface area contributed by atoms with Gasteiger partial charge in [0.05, 0.1) is 16.0 Å². The normalized spacial score (nSPS) is 13.4. The molecule has 0 aliphatic rings. The Balaban J connectivity index is 2.42. The minimum Gasteiger partial charge on any atom is -0.398 e. The molecule has 0 amide bonds. The number of nitrogens with two attached hydrogens (primary N) is 1. The van der Waals surface area contributed by atoms with Crippen LogP contribution in [0.4, 0.5) is 5.69 Å². The third-order valence-electron chi connectivity index (χ3n) is 4.51. The van der Waals surface area contributed by atoms with Crippen molar-refractivity contribution in [1.82, 2.24) is 15.2 Å². The minimum atomic E-state index is -2.06. The summed E-state index contributed by atoms with van der Waals surface area (Å²) in [5, 5.41) is 8.12. The molecule has 1 atom stereocenters. The van der Waals surface area contributed by atoms with Crippen molar-refractivity contribution in [2.75, 3.05) is 5.73 Å². The first kappa shape index (κ1) is 16.6. The monoisotopic (exact) mass is 344 g/mol. The molecule has 126 valence electrons. The fraction of sp³-hybridized carbons (Fsp3) is 0.294. The molecule has 1 aromatic carbocycles. The number of hydrogen-bond acceptors (Lipinski definition) is 4. The molecule has 6 nitrogen and oxygen atoms in total. The summed E-state index contributed by atoms with van der Waals surface area (Å²) >= 11 is -2.06. The first-order valence-corrected chi connectivity index (χ1v) is 8.65. The van der Waals surface area contributed by atoms with Gasteiger partial charge in [-0.25, -0.2) is 4.21 Å². The van der Waals surface area contributed by atoms with Gasteiger partial charge >= 0.3 is 0 Å². The molecule has 4 N–H and O–H groups in total. The Kier molecular flexibility index (Phi) is 3.93. The van der Waals surface area contributed by atoms with Crippen molar-refractivity contribution in [2.24, 2.45) is 0 Å². The molecule has 0 radical (unpaired) electrons. The van der Waals surface area contributed by atoms with Crippen LogP contribution in [0, 0.1) is 13.8 Å². The maximum absolute atomic E-state index is 12.0. The van der Waals surface area contributed by atoms with E-state index >= 15 is 0 Å². The summed E-state index contributed by atoms with van der Waals surface area (Å²) < 4.78 is 20.8. The van der Waals surface area contributed by atoms with Gasteiger partial charge < -0.3 is 10.3 Å². The van der Waals surface area contributed by atoms with Crippen molar-refractivity contribution in [2.45, 2.75) is 32.4 Å². The summed E-state index contributed by atoms with van der Waals surface area (Å²) in [6, 6.07) is 5.46. The zero-order valence-corrected chi connectivity index (χ0v) is 14.9. The Morgan fingerprint density at radius 2 is 2.00 bits per heavy atom. The molecule has 1 unspecified atom stereocenters. The molecule has 0 fully saturated rings. The van der Waals surface area contributed by atoms with Gasteiger partial charge in [-0.05, 0) is 57.0 Å². The van der Waals surface area contributed by atoms with E-state index in [1.54, 1.807) is 26.1 Å². The van der Waals surface area contributed by atoms with Crippen LogP contribution in [0.15, 0.2) is 24.4 Å². The van der Waals surface area contributed by atoms with E-state index < -0.39 is 15.8 Å². The van der Waals surface area contributed by atoms with Crippen LogP contribution >= 0.6 is 0 Å². The average molecular weight is 344 g/mol. The van der Waals surface area contributed by atoms with Gasteiger partial charge in [-0.15, -0.1) is 0 Å². The van der Waals surface area contributed by atoms with E-state index in [9.17, 15) is 8.76 Å². The molecule has 24 heavy (non-hydrogen) atoms. The van der Waals surface area contributed by atoms with Crippen molar-refractivity contribution in [1.29, 1.82) is 0 Å². The third-order valence-corrected chi connectivity index (χ3v) is 5.60. The molecule has 0 saturated heterocycles. The SMILES string of the molecule is Cc1[nH]nc(-c2cc3nccc(N)c3cc2C(C)(C)S(=O)O)c1C. The van der Waals surface area contributed by atoms with Gasteiger partial charge in [0.1, 0.15) is 0 Å². The van der Waals surface area contributed by atoms with Crippen LogP contribution in [-0.2, 0) is 15.8 Å². The van der Waals surface area contributed by atoms with Crippen LogP contribution in [0.25, 0.3) is 22.2 Å². The number of pyridine rings is 1. The van der Waals surface area contributed by atoms with E-state index in [1.807, 2.05) is 26.0 Å². The number of benzene rings is 1. The summed E-state index contributed by atoms with van der Waals surface area (Å²) in [6.07, 6.45) is 1.65. The van der Waals surface area contributed by atoms with Gasteiger partial charge in [0.25, 0.3) is 0 Å². The molecular weight excluding hydrogens is 324 g/mol. The Morgan fingerprint density at radius 3 is 2.58 bits per heavy atom. The van der Waals surface area contributed by atoms with Gasteiger partial charge in [-0.1, -0.05) is 0 Å². The van der Waals surface area contributed by atoms with E-state index in [1.165, 1.54) is 0 Å². The van der Waals surface area contributed by atoms with Gasteiger partial charge in [-0.2, -0.15) is 5.10 Å². The van der Waals surface area contributed by atoms with Gasteiger partial charge in [0.2, 0.25) is 0 Å². The maximum atomic E-state index is 12.0. The number of aromatic nitrogens is 3. The van der Waals surface area contributed by atoms with Crippen molar-refractivity contribution in [3.8, 4) is 11.3 Å². The van der Waals surface area contributed by atoms with E-state index in [0.29, 0.717) is 11.3 Å². The molecule has 0 aliphatic carbocycles. The largest absolute Gasteiger partial charge is 0.398 e. The van der Waals surface area contributed by atoms with E-state index in [2.05, 4.69) is 15.2 Å². The number of aryl methyl sites for hydroxylation is 1. The number of hydrogen-bond donors (Lipinski definition) is 3. The molecule has 0 saturated carbocycles. The van der Waals surface area contributed by atoms with E-state index in [0.717, 1.165) is 33.4 Å². The topological polar surface area (TPSA) is 105 Å². The number of nitrogens with one attached hydrogen (secondary N) is 1. The lowest BCUT2D eigenvalue weighted by Crippen LogP contribution is -2.24. The van der Waals surface area contributed by atoms with Crippen LogP contribution in [0.3, 0.4) is 0 Å². The highest BCUT2D eigenvalue weighted by Crippen LogP contribution is 2.39. The highest BCUT2D eigenvalue weighted by Gasteiger charge is 2.32. The van der Waals surface area contributed by atoms with Gasteiger partial charge in [0, 0.05) is 28.5 Å². The summed E-state index contributed by atoms with van der Waals surface area (Å²) in [7, 11) is 0. The molecule has 3 rings (SSSR count). The summed E-state index contributed by atoms with van der Waals surface area (Å²) in [5.41, 5.74) is 11.6. The number of nitrogens with zero attached hydrogens (tertiary/aromatic N) is 2. The molecule has 2 aromatic heterocycles. The summed E-state index contributed by atoms with van der Waals surface area (Å²) in [5.74, 6) is 0. The number of anilines is 1. The molecule has 0 spiro atoms. The Hall–Kier alpha value is -2.25. The predicted molar refractivity (Wildman–Crippen MR) is 97.0 cm³/mol. The lowest BCUT2D eigenvalue weighted by Gasteiger charge is -2.24. The number of rotatable bonds is 3. The van der Waals surface area contributed by atoms with E-state index in [-0.39, 0.29) is 0 Å². The molecule has 0 bridgehead atoms. The second-order valence-corrected chi connectivity index (χ2v) is 7.92. The second kappa shape index (κ2) is 5.68. The van der Waals surface area contributed by atoms with Gasteiger partial charge in [-0.3, -0.25) is 10.1 Å². The molecule has 7 heteroatoms. The number of fused-ring (bicyclic) bond motifs is 1. The number of nitrogen functional groups attached to an aromatic ring is 1. The fourth-order valence-corrected chi connectivity index (χ4v) is 3.11. The predicted octanol–water partition coefficient (Wildman–Crippen LogP) is 3.28. The molecule has 0 aliphatic heterocycles. The molecular formula is C17H20N4O2S. The molecule has 2 heterocycles. The fourth-order valence-electron chi connectivity index (χ4n) is 2.75. The first-order chi connectivity index (χ1) is 11.2. The van der Waals surface area contributed by atoms with E-state index in [4.69, 9.17) is 5.73 Å². The quantitative estimate of drug-likeness (QED) is 0.632. The van der Waals surface area contributed by atoms with Crippen LogP contribution < -0.4 is 5.73 Å². The smallest absolute Gasteiger partial charge is 0.163 e. The zero-order valence-electron chi connectivity index (χ0n) is 14.0. The maximum Gasteiger partial charge on any atom is 0.163 e. The second-order valence-electron chi connectivity index (χ2n) is 6.40. The van der Waals surface area contributed by atoms with Crippen molar-refractivity contribution < 1.29 is 8.76 Å². The first-order valence-electron chi connectivity index (χ1n) is 7.55. The zero-order chi connectivity index (χ0) is 17.6. The Labute approximate surface area is 142 Å². The van der Waals surface area contributed by atoms with Crippen LogP contribution in [-0.4, -0.2) is 23.9 Å². The summed E-state index contributed by atoms with van der Waals surface area (Å²) in [6.45, 7) is 7.38.